The zero-order chi connectivity index (χ0) is 14.1. The van der Waals surface area contributed by atoms with Crippen molar-refractivity contribution in [1.82, 2.24) is 0 Å². The highest BCUT2D eigenvalue weighted by molar-refractivity contribution is 5.88. The van der Waals surface area contributed by atoms with Gasteiger partial charge >= 0.3 is 0 Å². The molecule has 0 aliphatic carbocycles. The van der Waals surface area contributed by atoms with Crippen molar-refractivity contribution in [2.24, 2.45) is 0 Å². The maximum atomic E-state index is 11.0. The summed E-state index contributed by atoms with van der Waals surface area (Å²) in [5, 5.41) is 9.92. The minimum atomic E-state index is -0.540. The van der Waals surface area contributed by atoms with E-state index in [0.29, 0.717) is 25.9 Å². The summed E-state index contributed by atoms with van der Waals surface area (Å²) in [6, 6.07) is 9.85. The van der Waals surface area contributed by atoms with Crippen molar-refractivity contribution in [1.29, 1.82) is 0 Å². The highest BCUT2D eigenvalue weighted by atomic mass is 16.5. The third-order valence-electron chi connectivity index (χ3n) is 3.05. The molecular weight excluding hydrogens is 240 g/mol. The molecule has 1 aromatic carbocycles. The van der Waals surface area contributed by atoms with Crippen molar-refractivity contribution in [3.8, 4) is 0 Å². The van der Waals surface area contributed by atoms with Gasteiger partial charge in [0.2, 0.25) is 0 Å². The molecular formula is C16H22O3. The van der Waals surface area contributed by atoms with Gasteiger partial charge in [0.25, 0.3) is 0 Å². The lowest BCUT2D eigenvalue weighted by Gasteiger charge is -2.19. The van der Waals surface area contributed by atoms with Crippen molar-refractivity contribution in [3.05, 3.63) is 48.6 Å². The number of hydrogen-bond donors (Lipinski definition) is 1. The molecule has 0 saturated heterocycles. The van der Waals surface area contributed by atoms with E-state index < -0.39 is 6.10 Å². The molecule has 0 bridgehead atoms. The number of ketones is 1. The van der Waals surface area contributed by atoms with Crippen molar-refractivity contribution in [2.45, 2.75) is 45.0 Å². The van der Waals surface area contributed by atoms with Crippen LogP contribution in [-0.2, 0) is 16.1 Å². The van der Waals surface area contributed by atoms with Gasteiger partial charge in [0.1, 0.15) is 0 Å². The average Bonchev–Trinajstić information content (AvgIpc) is 2.45. The van der Waals surface area contributed by atoms with Gasteiger partial charge in [-0.15, -0.1) is 0 Å². The number of aliphatic hydroxyl groups is 1. The summed E-state index contributed by atoms with van der Waals surface area (Å²) in [6.07, 6.45) is 2.20. The molecule has 19 heavy (non-hydrogen) atoms. The summed E-state index contributed by atoms with van der Waals surface area (Å²) in [5.74, 6) is 0.0186. The SMILES string of the molecule is C=CC(=O)CCC[C@@H](O)[C@@H](C)OCc1ccccc1. The normalized spacial score (nSPS) is 13.8. The Bertz CT molecular complexity index is 386. The maximum absolute atomic E-state index is 11.0. The molecule has 0 amide bonds. The molecule has 0 heterocycles. The molecule has 0 aliphatic rings. The van der Waals surface area contributed by atoms with E-state index in [0.717, 1.165) is 5.56 Å². The van der Waals surface area contributed by atoms with Crippen molar-refractivity contribution in [2.75, 3.05) is 0 Å². The molecule has 104 valence electrons. The number of carbonyl (C=O) groups is 1. The minimum absolute atomic E-state index is 0.0186. The van der Waals surface area contributed by atoms with E-state index in [4.69, 9.17) is 4.74 Å². The molecule has 1 N–H and O–H groups in total. The molecule has 0 fully saturated rings. The van der Waals surface area contributed by atoms with Crippen molar-refractivity contribution < 1.29 is 14.6 Å². The van der Waals surface area contributed by atoms with Gasteiger partial charge in [0.15, 0.2) is 5.78 Å². The average molecular weight is 262 g/mol. The smallest absolute Gasteiger partial charge is 0.155 e. The van der Waals surface area contributed by atoms with Crippen LogP contribution in [0.15, 0.2) is 43.0 Å². The van der Waals surface area contributed by atoms with Crippen LogP contribution in [0.5, 0.6) is 0 Å². The summed E-state index contributed by atoms with van der Waals surface area (Å²) in [7, 11) is 0. The van der Waals surface area contributed by atoms with Gasteiger partial charge in [0.05, 0.1) is 18.8 Å². The number of allylic oxidation sites excluding steroid dienone is 1. The lowest BCUT2D eigenvalue weighted by atomic mass is 10.1. The van der Waals surface area contributed by atoms with Crippen molar-refractivity contribution >= 4 is 5.78 Å². The van der Waals surface area contributed by atoms with Crippen LogP contribution in [0.1, 0.15) is 31.7 Å². The lowest BCUT2D eigenvalue weighted by Crippen LogP contribution is -2.26. The van der Waals surface area contributed by atoms with Crippen LogP contribution >= 0.6 is 0 Å². The van der Waals surface area contributed by atoms with E-state index in [1.807, 2.05) is 37.3 Å². The molecule has 1 rings (SSSR count). The van der Waals surface area contributed by atoms with Gasteiger partial charge in [-0.05, 0) is 31.4 Å². The second kappa shape index (κ2) is 8.62. The number of rotatable bonds is 9. The fourth-order valence-electron chi connectivity index (χ4n) is 1.74. The second-order valence-electron chi connectivity index (χ2n) is 4.63. The predicted molar refractivity (Wildman–Crippen MR) is 75.8 cm³/mol. The molecule has 0 aliphatic heterocycles. The third kappa shape index (κ3) is 6.32. The van der Waals surface area contributed by atoms with Crippen LogP contribution in [0, 0.1) is 0 Å². The van der Waals surface area contributed by atoms with Crippen LogP contribution in [0.2, 0.25) is 0 Å². The highest BCUT2D eigenvalue weighted by Gasteiger charge is 2.14. The Morgan fingerprint density at radius 3 is 2.74 bits per heavy atom. The van der Waals surface area contributed by atoms with E-state index in [9.17, 15) is 9.90 Å². The molecule has 3 nitrogen and oxygen atoms in total. The lowest BCUT2D eigenvalue weighted by molar-refractivity contribution is -0.114. The third-order valence-corrected chi connectivity index (χ3v) is 3.05. The summed E-state index contributed by atoms with van der Waals surface area (Å²) in [6.45, 7) is 5.76. The topological polar surface area (TPSA) is 46.5 Å². The van der Waals surface area contributed by atoms with Gasteiger partial charge in [-0.1, -0.05) is 36.9 Å². The monoisotopic (exact) mass is 262 g/mol. The standard InChI is InChI=1S/C16H22O3/c1-3-15(17)10-7-11-16(18)13(2)19-12-14-8-5-4-6-9-14/h3-6,8-9,13,16,18H,1,7,10-12H2,2H3/t13-,16-/m1/s1. The summed E-state index contributed by atoms with van der Waals surface area (Å²) in [5.41, 5.74) is 1.09. The maximum Gasteiger partial charge on any atom is 0.155 e. The highest BCUT2D eigenvalue weighted by Crippen LogP contribution is 2.11. The minimum Gasteiger partial charge on any atom is -0.390 e. The molecule has 2 atom stereocenters. The molecule has 0 radical (unpaired) electrons. The quantitative estimate of drug-likeness (QED) is 0.696. The van der Waals surface area contributed by atoms with E-state index in [-0.39, 0.29) is 11.9 Å². The van der Waals surface area contributed by atoms with Gasteiger partial charge in [-0.2, -0.15) is 0 Å². The summed E-state index contributed by atoms with van der Waals surface area (Å²) >= 11 is 0. The second-order valence-corrected chi connectivity index (χ2v) is 4.63. The van der Waals surface area contributed by atoms with Crippen LogP contribution < -0.4 is 0 Å². The zero-order valence-corrected chi connectivity index (χ0v) is 11.4. The van der Waals surface area contributed by atoms with Crippen LogP contribution in [0.3, 0.4) is 0 Å². The van der Waals surface area contributed by atoms with Gasteiger partial charge in [0, 0.05) is 6.42 Å². The molecule has 1 aromatic rings. The summed E-state index contributed by atoms with van der Waals surface area (Å²) in [4.78, 5) is 11.0. The van der Waals surface area contributed by atoms with Gasteiger partial charge < -0.3 is 9.84 Å². The molecule has 0 aromatic heterocycles. The fourth-order valence-corrected chi connectivity index (χ4v) is 1.74. The van der Waals surface area contributed by atoms with E-state index in [1.165, 1.54) is 6.08 Å². The molecule has 3 heteroatoms. The Morgan fingerprint density at radius 2 is 2.11 bits per heavy atom. The number of ether oxygens (including phenoxy) is 1. The summed E-state index contributed by atoms with van der Waals surface area (Å²) < 4.78 is 5.62. The van der Waals surface area contributed by atoms with Crippen LogP contribution in [0.25, 0.3) is 0 Å². The van der Waals surface area contributed by atoms with Gasteiger partial charge in [-0.25, -0.2) is 0 Å². The van der Waals surface area contributed by atoms with Crippen molar-refractivity contribution in [3.63, 3.8) is 0 Å². The number of aliphatic hydroxyl groups excluding tert-OH is 1. The van der Waals surface area contributed by atoms with E-state index >= 15 is 0 Å². The predicted octanol–water partition coefficient (Wildman–Crippen LogP) is 2.88. The number of hydrogen-bond acceptors (Lipinski definition) is 3. The first kappa shape index (κ1) is 15.6. The molecule has 0 saturated carbocycles. The van der Waals surface area contributed by atoms with Crippen LogP contribution in [-0.4, -0.2) is 23.1 Å². The van der Waals surface area contributed by atoms with Crippen LogP contribution in [0.4, 0.5) is 0 Å². The Kier molecular flexibility index (Phi) is 7.08. The Labute approximate surface area is 114 Å². The zero-order valence-electron chi connectivity index (χ0n) is 11.4. The van der Waals surface area contributed by atoms with Gasteiger partial charge in [-0.3, -0.25) is 4.79 Å². The molecule has 0 spiro atoms. The largest absolute Gasteiger partial charge is 0.390 e. The first-order chi connectivity index (χ1) is 9.13. The van der Waals surface area contributed by atoms with E-state index in [2.05, 4.69) is 6.58 Å². The number of carbonyl (C=O) groups excluding carboxylic acids is 1. The Balaban J connectivity index is 2.23. The fraction of sp³-hybridized carbons (Fsp3) is 0.438. The Morgan fingerprint density at radius 1 is 1.42 bits per heavy atom. The number of benzene rings is 1. The molecule has 0 unspecified atom stereocenters. The first-order valence-electron chi connectivity index (χ1n) is 6.62. The van der Waals surface area contributed by atoms with E-state index in [1.54, 1.807) is 0 Å². The Hall–Kier alpha value is -1.45. The first-order valence-corrected chi connectivity index (χ1v) is 6.62.